The van der Waals surface area contributed by atoms with Crippen molar-refractivity contribution >= 4 is 0 Å². The number of likely N-dealkylation sites (tertiary alicyclic amines) is 1. The van der Waals surface area contributed by atoms with E-state index in [0.29, 0.717) is 18.7 Å². The van der Waals surface area contributed by atoms with Crippen LogP contribution in [0.3, 0.4) is 0 Å². The van der Waals surface area contributed by atoms with Crippen molar-refractivity contribution in [3.63, 3.8) is 0 Å². The molecule has 116 valence electrons. The van der Waals surface area contributed by atoms with Gasteiger partial charge in [-0.1, -0.05) is 24.3 Å². The Hall–Kier alpha value is -0.900. The first-order chi connectivity index (χ1) is 10.3. The molecule has 1 saturated heterocycles. The van der Waals surface area contributed by atoms with Crippen molar-refractivity contribution in [2.45, 2.75) is 50.7 Å². The highest BCUT2D eigenvalue weighted by atomic mass is 16.5. The molecule has 3 nitrogen and oxygen atoms in total. The Labute approximate surface area is 128 Å². The fourth-order valence-corrected chi connectivity index (χ4v) is 3.67. The van der Waals surface area contributed by atoms with Gasteiger partial charge in [0.15, 0.2) is 0 Å². The van der Waals surface area contributed by atoms with E-state index in [9.17, 15) is 0 Å². The van der Waals surface area contributed by atoms with Crippen LogP contribution in [-0.4, -0.2) is 37.2 Å². The lowest BCUT2D eigenvalue weighted by Gasteiger charge is -2.38. The molecule has 3 heteroatoms. The first kappa shape index (κ1) is 15.0. The zero-order chi connectivity index (χ0) is 14.7. The lowest BCUT2D eigenvalue weighted by Crippen LogP contribution is -2.44. The molecule has 1 saturated carbocycles. The first-order valence-corrected chi connectivity index (χ1v) is 8.48. The van der Waals surface area contributed by atoms with Gasteiger partial charge in [0, 0.05) is 25.7 Å². The van der Waals surface area contributed by atoms with Gasteiger partial charge in [-0.2, -0.15) is 0 Å². The molecule has 2 N–H and O–H groups in total. The predicted molar refractivity (Wildman–Crippen MR) is 86.4 cm³/mol. The number of nitrogens with zero attached hydrogens (tertiary/aromatic N) is 1. The summed E-state index contributed by atoms with van der Waals surface area (Å²) in [5.74, 6) is 0.780. The molecule has 2 fully saturated rings. The van der Waals surface area contributed by atoms with Crippen LogP contribution in [0, 0.1) is 0 Å². The van der Waals surface area contributed by atoms with Gasteiger partial charge in [0.05, 0.1) is 6.10 Å². The van der Waals surface area contributed by atoms with E-state index in [0.717, 1.165) is 25.6 Å². The highest BCUT2D eigenvalue weighted by Crippen LogP contribution is 2.43. The van der Waals surface area contributed by atoms with Gasteiger partial charge >= 0.3 is 0 Å². The van der Waals surface area contributed by atoms with Crippen LogP contribution in [0.4, 0.5) is 0 Å². The molecule has 2 atom stereocenters. The fourth-order valence-electron chi connectivity index (χ4n) is 3.67. The summed E-state index contributed by atoms with van der Waals surface area (Å²) in [4.78, 5) is 2.55. The number of hydrogen-bond donors (Lipinski definition) is 1. The average molecular weight is 288 g/mol. The van der Waals surface area contributed by atoms with Crippen molar-refractivity contribution in [3.8, 4) is 0 Å². The van der Waals surface area contributed by atoms with Crippen LogP contribution in [0.5, 0.6) is 0 Å². The summed E-state index contributed by atoms with van der Waals surface area (Å²) in [6, 6.07) is 9.28. The normalized spacial score (nSPS) is 25.0. The second-order valence-electron chi connectivity index (χ2n) is 6.37. The van der Waals surface area contributed by atoms with Gasteiger partial charge < -0.3 is 10.5 Å². The van der Waals surface area contributed by atoms with E-state index in [-0.39, 0.29) is 0 Å². The SMILES string of the molecule is CCOC1CCCN(C(CN)c2ccccc2C2CC2)C1. The molecule has 2 aliphatic rings. The molecule has 3 rings (SSSR count). The molecule has 0 spiro atoms. The summed E-state index contributed by atoms with van der Waals surface area (Å²) in [6.07, 6.45) is 5.47. The Kier molecular flexibility index (Phi) is 4.94. The maximum atomic E-state index is 6.16. The molecule has 1 aliphatic heterocycles. The number of ether oxygens (including phenoxy) is 1. The lowest BCUT2D eigenvalue weighted by molar-refractivity contribution is -0.00670. The van der Waals surface area contributed by atoms with Crippen LogP contribution in [0.1, 0.15) is 55.7 Å². The number of benzene rings is 1. The van der Waals surface area contributed by atoms with Crippen LogP contribution in [-0.2, 0) is 4.74 Å². The molecule has 1 aliphatic carbocycles. The number of hydrogen-bond acceptors (Lipinski definition) is 3. The summed E-state index contributed by atoms with van der Waals surface area (Å²) in [5, 5.41) is 0. The Morgan fingerprint density at radius 3 is 2.81 bits per heavy atom. The second kappa shape index (κ2) is 6.91. The maximum absolute atomic E-state index is 6.16. The summed E-state index contributed by atoms with van der Waals surface area (Å²) in [5.41, 5.74) is 9.15. The van der Waals surface area contributed by atoms with E-state index < -0.39 is 0 Å². The molecular formula is C18H28N2O. The minimum Gasteiger partial charge on any atom is -0.377 e. The summed E-state index contributed by atoms with van der Waals surface area (Å²) < 4.78 is 5.85. The zero-order valence-corrected chi connectivity index (χ0v) is 13.1. The smallest absolute Gasteiger partial charge is 0.0702 e. The molecule has 1 aromatic rings. The molecule has 2 unspecified atom stereocenters. The van der Waals surface area contributed by atoms with Gasteiger partial charge in [-0.25, -0.2) is 0 Å². The number of piperidine rings is 1. The van der Waals surface area contributed by atoms with E-state index in [4.69, 9.17) is 10.5 Å². The van der Waals surface area contributed by atoms with Crippen LogP contribution < -0.4 is 5.73 Å². The summed E-state index contributed by atoms with van der Waals surface area (Å²) in [6.45, 7) is 5.76. The highest BCUT2D eigenvalue weighted by Gasteiger charge is 2.31. The van der Waals surface area contributed by atoms with Crippen molar-refractivity contribution in [3.05, 3.63) is 35.4 Å². The van der Waals surface area contributed by atoms with Crippen LogP contribution in [0.25, 0.3) is 0 Å². The second-order valence-corrected chi connectivity index (χ2v) is 6.37. The molecular weight excluding hydrogens is 260 g/mol. The topological polar surface area (TPSA) is 38.5 Å². The largest absolute Gasteiger partial charge is 0.377 e. The van der Waals surface area contributed by atoms with E-state index in [1.54, 1.807) is 0 Å². The molecule has 0 amide bonds. The Balaban J connectivity index is 1.78. The van der Waals surface area contributed by atoms with Crippen molar-refractivity contribution in [1.82, 2.24) is 4.90 Å². The van der Waals surface area contributed by atoms with Crippen LogP contribution in [0.15, 0.2) is 24.3 Å². The van der Waals surface area contributed by atoms with Crippen LogP contribution in [0.2, 0.25) is 0 Å². The van der Waals surface area contributed by atoms with Crippen molar-refractivity contribution < 1.29 is 4.74 Å². The standard InChI is InChI=1S/C18H28N2O/c1-2-21-15-6-5-11-20(13-15)18(12-19)17-8-4-3-7-16(17)14-9-10-14/h3-4,7-8,14-15,18H,2,5-6,9-13,19H2,1H3. The van der Waals surface area contributed by atoms with Gasteiger partial charge in [0.2, 0.25) is 0 Å². The van der Waals surface area contributed by atoms with Crippen LogP contribution >= 0.6 is 0 Å². The van der Waals surface area contributed by atoms with Gasteiger partial charge in [-0.3, -0.25) is 4.90 Å². The van der Waals surface area contributed by atoms with Gasteiger partial charge in [0.1, 0.15) is 0 Å². The Bertz CT molecular complexity index is 456. The third kappa shape index (κ3) is 3.47. The van der Waals surface area contributed by atoms with Crippen molar-refractivity contribution in [2.75, 3.05) is 26.2 Å². The summed E-state index contributed by atoms with van der Waals surface area (Å²) >= 11 is 0. The van der Waals surface area contributed by atoms with Gasteiger partial charge in [-0.15, -0.1) is 0 Å². The lowest BCUT2D eigenvalue weighted by atomic mass is 9.94. The van der Waals surface area contributed by atoms with E-state index in [1.807, 2.05) is 0 Å². The predicted octanol–water partition coefficient (Wildman–Crippen LogP) is 3.06. The minimum atomic E-state index is 0.352. The third-order valence-electron chi connectivity index (χ3n) is 4.85. The highest BCUT2D eigenvalue weighted by molar-refractivity contribution is 5.36. The average Bonchev–Trinajstić information content (AvgIpc) is 3.34. The van der Waals surface area contributed by atoms with E-state index in [2.05, 4.69) is 36.1 Å². The van der Waals surface area contributed by atoms with Crippen molar-refractivity contribution in [1.29, 1.82) is 0 Å². The third-order valence-corrected chi connectivity index (χ3v) is 4.85. The quantitative estimate of drug-likeness (QED) is 0.874. The molecule has 0 bridgehead atoms. The fraction of sp³-hybridized carbons (Fsp3) is 0.667. The first-order valence-electron chi connectivity index (χ1n) is 8.48. The molecule has 1 aromatic carbocycles. The molecule has 21 heavy (non-hydrogen) atoms. The van der Waals surface area contributed by atoms with Gasteiger partial charge in [-0.05, 0) is 56.2 Å². The minimum absolute atomic E-state index is 0.352. The number of rotatable bonds is 6. The van der Waals surface area contributed by atoms with E-state index in [1.165, 1.54) is 36.8 Å². The van der Waals surface area contributed by atoms with Crippen molar-refractivity contribution in [2.24, 2.45) is 5.73 Å². The molecule has 0 aromatic heterocycles. The summed E-state index contributed by atoms with van der Waals surface area (Å²) in [7, 11) is 0. The maximum Gasteiger partial charge on any atom is 0.0702 e. The monoisotopic (exact) mass is 288 g/mol. The molecule has 0 radical (unpaired) electrons. The molecule has 1 heterocycles. The number of nitrogens with two attached hydrogens (primary N) is 1. The Morgan fingerprint density at radius 1 is 1.29 bits per heavy atom. The Morgan fingerprint density at radius 2 is 2.10 bits per heavy atom. The van der Waals surface area contributed by atoms with Gasteiger partial charge in [0.25, 0.3) is 0 Å². The zero-order valence-electron chi connectivity index (χ0n) is 13.1. The van der Waals surface area contributed by atoms with E-state index >= 15 is 0 Å².